The molecule has 0 spiro atoms. The van der Waals surface area contributed by atoms with Gasteiger partial charge in [-0.1, -0.05) is 45.8 Å². The largest absolute Gasteiger partial charge is 0.476 e. The van der Waals surface area contributed by atoms with E-state index in [2.05, 4.69) is 48.0 Å². The van der Waals surface area contributed by atoms with Crippen molar-refractivity contribution in [2.24, 2.45) is 5.73 Å². The number of nitrogens with one attached hydrogen (secondary N) is 1. The normalized spacial score (nSPS) is 13.0. The molecule has 0 radical (unpaired) electrons. The fraction of sp³-hybridized carbons (Fsp3) is 0.269. The number of amides is 1. The minimum atomic E-state index is -1.14. The Balaban J connectivity index is 0.000000159. The molecule has 26 heteroatoms. The van der Waals surface area contributed by atoms with Crippen molar-refractivity contribution in [1.82, 2.24) is 62.9 Å². The number of rotatable bonds is 15. The highest BCUT2D eigenvalue weighted by Gasteiger charge is 2.28. The standard InChI is InChI=1S/C26H23ClFN7O3.C18H18N4O4.C8H7ClFN3.ClH/c1-2-38-26(37)23-17(9-18-6-5-16(12-35(18)23)15-3-4-15)11-34-13-21(31-32-34)25(36)29-10-20-24-22(28)19(27)7-8-33(24)14-30-20;1-2-26-18(25)16-13(8-21-10-15(17(23)24)19-20-21)7-14-6-5-12(9-22(14)16)11-3-4-11;9-5-1-2-13-4-12-6(3-11)8(13)7(5)10;/h5-9,12-15H,2-4,10-11H2,1H3,(H,29,36);5-7,9-11H,2-4,8H2,1H3,(H,23,24);1-2,4H,3,11H2;1H. The predicted molar refractivity (Wildman–Crippen MR) is 282 cm³/mol. The van der Waals surface area contributed by atoms with Crippen LogP contribution in [0.25, 0.3) is 22.1 Å². The van der Waals surface area contributed by atoms with Gasteiger partial charge in [0.2, 0.25) is 0 Å². The number of carbonyl (C=O) groups is 4. The summed E-state index contributed by atoms with van der Waals surface area (Å²) < 4.78 is 48.1. The number of imidazole rings is 2. The van der Waals surface area contributed by atoms with Gasteiger partial charge in [0.05, 0.1) is 79.3 Å². The summed E-state index contributed by atoms with van der Waals surface area (Å²) in [5.74, 6) is -2.45. The minimum absolute atomic E-state index is 0. The van der Waals surface area contributed by atoms with E-state index in [4.69, 9.17) is 43.5 Å². The Bertz CT molecular complexity index is 3890. The smallest absolute Gasteiger partial charge is 0.358 e. The number of aromatic carboxylic acids is 1. The van der Waals surface area contributed by atoms with Crippen LogP contribution < -0.4 is 11.1 Å². The summed E-state index contributed by atoms with van der Waals surface area (Å²) in [4.78, 5) is 57.3. The topological polar surface area (TPSA) is 250 Å². The van der Waals surface area contributed by atoms with Gasteiger partial charge in [0, 0.05) is 53.5 Å². The molecule has 2 fully saturated rings. The fourth-order valence-corrected chi connectivity index (χ4v) is 9.20. The van der Waals surface area contributed by atoms with Crippen molar-refractivity contribution in [2.45, 2.75) is 77.5 Å². The van der Waals surface area contributed by atoms with Crippen LogP contribution in [0.3, 0.4) is 0 Å². The van der Waals surface area contributed by atoms with Gasteiger partial charge < -0.3 is 43.2 Å². The van der Waals surface area contributed by atoms with Crippen molar-refractivity contribution in [3.05, 3.63) is 176 Å². The van der Waals surface area contributed by atoms with Crippen molar-refractivity contribution in [2.75, 3.05) is 13.2 Å². The maximum Gasteiger partial charge on any atom is 0.358 e. The molecule has 10 heterocycles. The molecular formula is C52H49Cl3F2N14O7. The second-order valence-corrected chi connectivity index (χ2v) is 19.0. The molecule has 0 aromatic carbocycles. The van der Waals surface area contributed by atoms with Gasteiger partial charge in [0.15, 0.2) is 23.0 Å². The average molecular weight is 1130 g/mol. The summed E-state index contributed by atoms with van der Waals surface area (Å²) in [6, 6.07) is 14.9. The molecule has 4 N–H and O–H groups in total. The van der Waals surface area contributed by atoms with E-state index in [0.29, 0.717) is 51.3 Å². The number of carboxylic acid groups (broad SMARTS) is 1. The molecule has 21 nitrogen and oxygen atoms in total. The molecule has 12 rings (SSSR count). The Morgan fingerprint density at radius 1 is 0.692 bits per heavy atom. The number of nitrogens with two attached hydrogens (primary N) is 1. The summed E-state index contributed by atoms with van der Waals surface area (Å²) >= 11 is 11.5. The van der Waals surface area contributed by atoms with E-state index in [9.17, 15) is 28.0 Å². The highest BCUT2D eigenvalue weighted by molar-refractivity contribution is 6.31. The first-order valence-corrected chi connectivity index (χ1v) is 25.2. The van der Waals surface area contributed by atoms with Crippen LogP contribution in [-0.2, 0) is 35.7 Å². The van der Waals surface area contributed by atoms with Crippen LogP contribution in [0.1, 0.15) is 127 Å². The lowest BCUT2D eigenvalue weighted by atomic mass is 10.2. The Morgan fingerprint density at radius 2 is 1.15 bits per heavy atom. The van der Waals surface area contributed by atoms with E-state index in [1.807, 2.05) is 45.5 Å². The fourth-order valence-electron chi connectivity index (χ4n) is 8.90. The Kier molecular flexibility index (Phi) is 16.2. The molecule has 0 saturated heterocycles. The third-order valence-electron chi connectivity index (χ3n) is 12.9. The van der Waals surface area contributed by atoms with Crippen LogP contribution in [0.2, 0.25) is 10.0 Å². The number of esters is 2. The number of hydrogen-bond acceptors (Lipinski definition) is 13. The first-order chi connectivity index (χ1) is 37.2. The molecule has 2 saturated carbocycles. The van der Waals surface area contributed by atoms with Gasteiger partial charge in [-0.15, -0.1) is 22.6 Å². The van der Waals surface area contributed by atoms with Crippen LogP contribution in [0.4, 0.5) is 8.78 Å². The number of carbonyl (C=O) groups excluding carboxylic acids is 3. The van der Waals surface area contributed by atoms with Crippen molar-refractivity contribution in [3.8, 4) is 0 Å². The van der Waals surface area contributed by atoms with Crippen LogP contribution in [0.5, 0.6) is 0 Å². The van der Waals surface area contributed by atoms with Crippen LogP contribution >= 0.6 is 35.6 Å². The molecule has 10 aromatic heterocycles. The SMILES string of the molecule is CCOC(=O)c1c(Cn2cc(C(=O)NCc3ncn4ccc(Cl)c(F)c34)nn2)cc2ccc(C3CC3)cn12.CCOC(=O)c1c(Cn2cc(C(=O)O)nn2)cc2ccc(C3CC3)cn12.Cl.NCc1ncn2ccc(Cl)c(F)c12. The number of nitrogens with zero attached hydrogens (tertiary/aromatic N) is 12. The number of ether oxygens (including phenoxy) is 2. The molecule has 0 bridgehead atoms. The molecule has 404 valence electrons. The maximum atomic E-state index is 14.5. The number of carboxylic acids is 1. The molecule has 0 atom stereocenters. The van der Waals surface area contributed by atoms with Gasteiger partial charge in [0.25, 0.3) is 5.91 Å². The van der Waals surface area contributed by atoms with E-state index in [-0.39, 0.29) is 78.7 Å². The molecule has 2 aliphatic rings. The molecule has 2 aliphatic carbocycles. The van der Waals surface area contributed by atoms with Crippen molar-refractivity contribution < 1.29 is 42.5 Å². The second-order valence-electron chi connectivity index (χ2n) is 18.2. The first-order valence-electron chi connectivity index (χ1n) is 24.5. The monoisotopic (exact) mass is 1120 g/mol. The summed E-state index contributed by atoms with van der Waals surface area (Å²) in [6.45, 7) is 4.68. The maximum absolute atomic E-state index is 14.5. The van der Waals surface area contributed by atoms with E-state index in [1.165, 1.54) is 74.9 Å². The third-order valence-corrected chi connectivity index (χ3v) is 13.5. The molecule has 0 aliphatic heterocycles. The van der Waals surface area contributed by atoms with E-state index < -0.39 is 35.4 Å². The van der Waals surface area contributed by atoms with Gasteiger partial charge in [-0.25, -0.2) is 42.5 Å². The average Bonchev–Trinajstić information content (AvgIpc) is 4.09. The van der Waals surface area contributed by atoms with Crippen LogP contribution in [0, 0.1) is 11.6 Å². The van der Waals surface area contributed by atoms with Gasteiger partial charge in [-0.2, -0.15) is 0 Å². The Morgan fingerprint density at radius 3 is 1.60 bits per heavy atom. The highest BCUT2D eigenvalue weighted by Crippen LogP contribution is 2.41. The number of halogens is 5. The van der Waals surface area contributed by atoms with Crippen molar-refractivity contribution >= 4 is 81.5 Å². The summed E-state index contributed by atoms with van der Waals surface area (Å²) in [6.07, 6.45) is 17.7. The number of hydrogen-bond donors (Lipinski definition) is 3. The first kappa shape index (κ1) is 54.5. The van der Waals surface area contributed by atoms with Gasteiger partial charge >= 0.3 is 17.9 Å². The number of pyridine rings is 4. The summed E-state index contributed by atoms with van der Waals surface area (Å²) in [5.41, 5.74) is 13.1. The molecule has 10 aromatic rings. The van der Waals surface area contributed by atoms with Crippen molar-refractivity contribution in [1.29, 1.82) is 0 Å². The molecule has 1 amide bonds. The molecule has 78 heavy (non-hydrogen) atoms. The zero-order valence-electron chi connectivity index (χ0n) is 41.7. The van der Waals surface area contributed by atoms with E-state index in [0.717, 1.165) is 23.9 Å². The second kappa shape index (κ2) is 23.2. The lowest BCUT2D eigenvalue weighted by molar-refractivity contribution is 0.0507. The number of fused-ring (bicyclic) bond motifs is 4. The van der Waals surface area contributed by atoms with Crippen molar-refractivity contribution in [3.63, 3.8) is 0 Å². The lowest BCUT2D eigenvalue weighted by Gasteiger charge is -2.07. The van der Waals surface area contributed by atoms with Crippen LogP contribution in [-0.4, -0.2) is 99.7 Å². The van der Waals surface area contributed by atoms with Gasteiger partial charge in [0.1, 0.15) is 22.4 Å². The predicted octanol–water partition coefficient (Wildman–Crippen LogP) is 8.34. The highest BCUT2D eigenvalue weighted by atomic mass is 35.5. The van der Waals surface area contributed by atoms with Crippen LogP contribution in [0.15, 0.2) is 98.4 Å². The van der Waals surface area contributed by atoms with E-state index >= 15 is 0 Å². The van der Waals surface area contributed by atoms with E-state index in [1.54, 1.807) is 30.6 Å². The zero-order valence-corrected chi connectivity index (χ0v) is 44.1. The zero-order chi connectivity index (χ0) is 54.1. The molecular weight excluding hydrogens is 1080 g/mol. The van der Waals surface area contributed by atoms with Gasteiger partial charge in [-0.05, 0) is 98.9 Å². The summed E-state index contributed by atoms with van der Waals surface area (Å²) in [7, 11) is 0. The Labute approximate surface area is 457 Å². The quantitative estimate of drug-likeness (QED) is 0.0817. The third kappa shape index (κ3) is 11.4. The lowest BCUT2D eigenvalue weighted by Crippen LogP contribution is -2.23. The number of aromatic nitrogens is 12. The minimum Gasteiger partial charge on any atom is -0.476 e. The summed E-state index contributed by atoms with van der Waals surface area (Å²) in [5, 5.41) is 27.2. The Hall–Kier alpha value is -8.25. The molecule has 0 unspecified atom stereocenters. The van der Waals surface area contributed by atoms with Gasteiger partial charge in [-0.3, -0.25) is 4.79 Å².